The highest BCUT2D eigenvalue weighted by Crippen LogP contribution is 2.34. The Morgan fingerprint density at radius 3 is 0.882 bits per heavy atom. The molecule has 3 aliphatic carbocycles. The van der Waals surface area contributed by atoms with Crippen LogP contribution < -0.4 is 21.3 Å². The van der Waals surface area contributed by atoms with E-state index in [0.717, 1.165) is 29.7 Å². The normalized spacial score (nSPS) is 22.8. The molecule has 0 spiro atoms. The zero-order valence-corrected chi connectivity index (χ0v) is 56.2. The lowest BCUT2D eigenvalue weighted by Crippen LogP contribution is -2.47. The maximum Gasteiger partial charge on any atom is 0.0531 e. The van der Waals surface area contributed by atoms with Crippen molar-refractivity contribution < 1.29 is 0 Å². The molecule has 85 heavy (non-hydrogen) atoms. The molecule has 7 aliphatic rings. The van der Waals surface area contributed by atoms with Crippen molar-refractivity contribution in [1.82, 2.24) is 39.5 Å². The van der Waals surface area contributed by atoms with Crippen molar-refractivity contribution in [2.24, 2.45) is 5.92 Å². The first-order valence-electron chi connectivity index (χ1n) is 34.2. The van der Waals surface area contributed by atoms with Gasteiger partial charge in [-0.05, 0) is 184 Å². The van der Waals surface area contributed by atoms with Crippen LogP contribution in [0.2, 0.25) is 0 Å². The summed E-state index contributed by atoms with van der Waals surface area (Å²) in [6.07, 6.45) is 41.5. The van der Waals surface area contributed by atoms with E-state index >= 15 is 0 Å². The second-order valence-corrected chi connectivity index (χ2v) is 31.3. The van der Waals surface area contributed by atoms with Gasteiger partial charge in [0.05, 0.1) is 22.7 Å². The summed E-state index contributed by atoms with van der Waals surface area (Å²) in [6.45, 7) is 39.2. The van der Waals surface area contributed by atoms with E-state index in [1.165, 1.54) is 214 Å². The van der Waals surface area contributed by atoms with Crippen molar-refractivity contribution in [3.05, 3.63) is 96.1 Å². The minimum Gasteiger partial charge on any atom is -0.381 e. The fraction of sp³-hybridized carbons (Fsp3) is 0.726. The molecule has 4 N–H and O–H groups in total. The molecule has 4 aromatic heterocycles. The van der Waals surface area contributed by atoms with Crippen LogP contribution in [0, 0.1) is 5.92 Å². The number of nitrogens with one attached hydrogen (secondary N) is 4. The fourth-order valence-corrected chi connectivity index (χ4v) is 13.9. The molecule has 12 heteroatoms. The number of hydrogen-bond acceptors (Lipinski definition) is 12. The topological polar surface area (TPSA) is 113 Å². The standard InChI is InChI=1S/2C20H33N3.C18H29N3.C15H25N3/c1-15-6-5-7-19(15)23-10-8-17(9-11-23)22-18-12-16(13-21-14-18)20(2,3)4;1-20(2,3)16-13-18(15-21-14-16)22-17-9-11-23(12-10-17)19-7-5-4-6-8-19;1-18(2,3)14-11-16(13-19-12-14)20-15-7-9-21(10-8-15)17-5-4-6-17;1-15(2,3)12-9-14(11-16-10-12)17-13-5-7-18(4)8-6-13/h12-15,17,19,22H,5-11H2,1-4H3;13-15,17,19,22H,4-12H2,1-3H3;11-13,15,17,20H,4-10H2,1-3H3;9-11,13,17H,5-8H2,1-4H3. The molecule has 0 aromatic carbocycles. The number of hydrogen-bond donors (Lipinski definition) is 4. The van der Waals surface area contributed by atoms with Crippen LogP contribution in [0.3, 0.4) is 0 Å². The summed E-state index contributed by atoms with van der Waals surface area (Å²) in [5.41, 5.74) is 10.6. The third-order valence-corrected chi connectivity index (χ3v) is 20.2. The maximum atomic E-state index is 4.43. The Kier molecular flexibility index (Phi) is 24.1. The molecule has 0 amide bonds. The van der Waals surface area contributed by atoms with E-state index in [1.807, 2.05) is 49.6 Å². The first-order chi connectivity index (χ1) is 40.4. The van der Waals surface area contributed by atoms with Crippen LogP contribution in [0.4, 0.5) is 22.7 Å². The van der Waals surface area contributed by atoms with Crippen molar-refractivity contribution in [3.63, 3.8) is 0 Å². The molecule has 8 heterocycles. The number of nitrogens with zero attached hydrogens (tertiary/aromatic N) is 8. The lowest BCUT2D eigenvalue weighted by atomic mass is 9.88. The zero-order valence-electron chi connectivity index (χ0n) is 56.2. The smallest absolute Gasteiger partial charge is 0.0531 e. The van der Waals surface area contributed by atoms with Crippen molar-refractivity contribution in [1.29, 1.82) is 0 Å². The van der Waals surface area contributed by atoms with Gasteiger partial charge in [-0.1, -0.05) is 122 Å². The summed E-state index contributed by atoms with van der Waals surface area (Å²) in [7, 11) is 2.19. The zero-order chi connectivity index (χ0) is 60.8. The fourth-order valence-electron chi connectivity index (χ4n) is 13.9. The maximum absolute atomic E-state index is 4.43. The summed E-state index contributed by atoms with van der Waals surface area (Å²) >= 11 is 0. The van der Waals surface area contributed by atoms with E-state index in [4.69, 9.17) is 0 Å². The van der Waals surface area contributed by atoms with Crippen LogP contribution in [0.25, 0.3) is 0 Å². The van der Waals surface area contributed by atoms with Gasteiger partial charge in [0, 0.05) is 131 Å². The van der Waals surface area contributed by atoms with Crippen LogP contribution in [0.1, 0.15) is 234 Å². The largest absolute Gasteiger partial charge is 0.381 e. The molecular weight excluding hydrogens is 1040 g/mol. The van der Waals surface area contributed by atoms with Gasteiger partial charge in [0.1, 0.15) is 0 Å². The molecule has 2 atom stereocenters. The molecule has 12 nitrogen and oxygen atoms in total. The minimum atomic E-state index is 0.159. The van der Waals surface area contributed by atoms with E-state index in [2.05, 4.69) is 182 Å². The van der Waals surface area contributed by atoms with E-state index in [-0.39, 0.29) is 21.7 Å². The van der Waals surface area contributed by atoms with E-state index in [0.29, 0.717) is 24.2 Å². The number of aromatic nitrogens is 4. The first kappa shape index (κ1) is 66.6. The van der Waals surface area contributed by atoms with E-state index in [1.54, 1.807) is 0 Å². The number of pyridine rings is 4. The summed E-state index contributed by atoms with van der Waals surface area (Å²) in [5.74, 6) is 0.896. The highest BCUT2D eigenvalue weighted by Gasteiger charge is 2.33. The average molecular weight is 1170 g/mol. The van der Waals surface area contributed by atoms with Gasteiger partial charge in [0.2, 0.25) is 0 Å². The van der Waals surface area contributed by atoms with Crippen molar-refractivity contribution in [3.8, 4) is 0 Å². The molecule has 3 saturated carbocycles. The highest BCUT2D eigenvalue weighted by molar-refractivity contribution is 5.48. The second-order valence-electron chi connectivity index (χ2n) is 31.3. The van der Waals surface area contributed by atoms with Crippen LogP contribution in [-0.4, -0.2) is 141 Å². The molecule has 11 rings (SSSR count). The predicted molar refractivity (Wildman–Crippen MR) is 362 cm³/mol. The second kappa shape index (κ2) is 30.7. The Balaban J connectivity index is 0.000000148. The Hall–Kier alpha value is -4.36. The van der Waals surface area contributed by atoms with Gasteiger partial charge in [-0.25, -0.2) is 0 Å². The summed E-state index contributed by atoms with van der Waals surface area (Å²) < 4.78 is 0. The highest BCUT2D eigenvalue weighted by atomic mass is 15.2. The third-order valence-electron chi connectivity index (χ3n) is 20.2. The SMILES string of the molecule is CC(C)(C)c1cncc(NC2CCN(C3CCC3)CC2)c1.CC(C)(C)c1cncc(NC2CCN(C3CCCCC3)CC2)c1.CC1CCCC1N1CCC(Nc2cncc(C(C)(C)C)c2)CC1.CN1CCC(Nc2cncc(C(C)(C)C)c2)CC1. The van der Waals surface area contributed by atoms with E-state index in [9.17, 15) is 0 Å². The molecule has 4 aromatic rings. The van der Waals surface area contributed by atoms with Gasteiger partial charge in [0.25, 0.3) is 0 Å². The molecule has 4 aliphatic heterocycles. The Bertz CT molecular complexity index is 2570. The van der Waals surface area contributed by atoms with Crippen LogP contribution in [0.5, 0.6) is 0 Å². The number of anilines is 4. The Morgan fingerprint density at radius 2 is 0.612 bits per heavy atom. The van der Waals surface area contributed by atoms with Gasteiger partial charge >= 0.3 is 0 Å². The summed E-state index contributed by atoms with van der Waals surface area (Å²) in [4.78, 5) is 28.2. The van der Waals surface area contributed by atoms with Crippen molar-refractivity contribution in [2.75, 3.05) is 80.7 Å². The monoisotopic (exact) mass is 1160 g/mol. The Labute approximate surface area is 518 Å². The molecule has 4 saturated heterocycles. The van der Waals surface area contributed by atoms with Gasteiger partial charge in [-0.15, -0.1) is 0 Å². The average Bonchev–Trinajstić information content (AvgIpc) is 4.08. The number of likely N-dealkylation sites (tertiary alicyclic amines) is 4. The van der Waals surface area contributed by atoms with Gasteiger partial charge in [-0.3, -0.25) is 24.8 Å². The van der Waals surface area contributed by atoms with Gasteiger partial charge in [0.15, 0.2) is 0 Å². The summed E-state index contributed by atoms with van der Waals surface area (Å²) in [6, 6.07) is 14.1. The van der Waals surface area contributed by atoms with Crippen LogP contribution in [-0.2, 0) is 21.7 Å². The lowest BCUT2D eigenvalue weighted by Gasteiger charge is -2.42. The molecule has 0 bridgehead atoms. The minimum absolute atomic E-state index is 0.159. The van der Waals surface area contributed by atoms with Gasteiger partial charge in [-0.2, -0.15) is 0 Å². The molecule has 2 unspecified atom stereocenters. The number of piperidine rings is 4. The van der Waals surface area contributed by atoms with Gasteiger partial charge < -0.3 is 36.0 Å². The number of rotatable bonds is 11. The van der Waals surface area contributed by atoms with Crippen molar-refractivity contribution in [2.45, 2.75) is 276 Å². The summed E-state index contributed by atoms with van der Waals surface area (Å²) in [5, 5.41) is 14.8. The first-order valence-corrected chi connectivity index (χ1v) is 34.2. The molecule has 472 valence electrons. The molecule has 0 radical (unpaired) electrons. The van der Waals surface area contributed by atoms with Crippen LogP contribution >= 0.6 is 0 Å². The Morgan fingerprint density at radius 1 is 0.329 bits per heavy atom. The lowest BCUT2D eigenvalue weighted by molar-refractivity contribution is 0.101. The van der Waals surface area contributed by atoms with Crippen LogP contribution in [0.15, 0.2) is 73.8 Å². The third kappa shape index (κ3) is 20.9. The molecule has 7 fully saturated rings. The van der Waals surface area contributed by atoms with Crippen molar-refractivity contribution >= 4 is 22.7 Å². The molecular formula is C73H120N12. The quantitative estimate of drug-likeness (QED) is 0.115. The van der Waals surface area contributed by atoms with E-state index < -0.39 is 0 Å². The predicted octanol–water partition coefficient (Wildman–Crippen LogP) is 15.7.